The van der Waals surface area contributed by atoms with Gasteiger partial charge >= 0.3 is 6.18 Å². The van der Waals surface area contributed by atoms with Crippen molar-refractivity contribution in [1.29, 1.82) is 0 Å². The number of aryl methyl sites for hydroxylation is 1. The highest BCUT2D eigenvalue weighted by Gasteiger charge is 2.72. The Balaban J connectivity index is 1.76. The quantitative estimate of drug-likeness (QED) is 0.485. The van der Waals surface area contributed by atoms with Crippen LogP contribution in [0.1, 0.15) is 30.0 Å². The molecule has 5 rings (SSSR count). The van der Waals surface area contributed by atoms with Crippen molar-refractivity contribution in [2.24, 2.45) is 10.4 Å². The number of carbonyl (C=O) groups excluding carboxylic acids is 1. The van der Waals surface area contributed by atoms with Crippen molar-refractivity contribution < 1.29 is 26.4 Å². The van der Waals surface area contributed by atoms with Gasteiger partial charge in [-0.2, -0.15) is 13.2 Å². The predicted octanol–water partition coefficient (Wildman–Crippen LogP) is 5.39. The Bertz CT molecular complexity index is 1470. The van der Waals surface area contributed by atoms with Crippen LogP contribution in [-0.4, -0.2) is 26.2 Å². The summed E-state index contributed by atoms with van der Waals surface area (Å²) in [6, 6.07) is 20.6. The second-order valence-corrected chi connectivity index (χ2v) is 10.9. The Morgan fingerprint density at radius 2 is 1.51 bits per heavy atom. The minimum absolute atomic E-state index is 0.00686. The molecular formula is C26H21F3N2O3S. The number of amides is 1. The van der Waals surface area contributed by atoms with Gasteiger partial charge < -0.3 is 0 Å². The summed E-state index contributed by atoms with van der Waals surface area (Å²) in [5.74, 6) is -1.16. The predicted molar refractivity (Wildman–Crippen MR) is 126 cm³/mol. The number of hydrogen-bond donors (Lipinski definition) is 0. The van der Waals surface area contributed by atoms with Gasteiger partial charge in [0, 0.05) is 5.56 Å². The number of nitrogens with zero attached hydrogens (tertiary/aromatic N) is 2. The molecule has 3 aromatic carbocycles. The normalized spacial score (nSPS) is 23.7. The summed E-state index contributed by atoms with van der Waals surface area (Å²) in [5, 5.41) is 0. The van der Waals surface area contributed by atoms with Gasteiger partial charge in [-0.3, -0.25) is 9.79 Å². The molecule has 35 heavy (non-hydrogen) atoms. The van der Waals surface area contributed by atoms with E-state index in [4.69, 9.17) is 0 Å². The van der Waals surface area contributed by atoms with E-state index in [1.54, 1.807) is 67.6 Å². The molecule has 0 aromatic heterocycles. The molecule has 0 aliphatic carbocycles. The van der Waals surface area contributed by atoms with E-state index in [1.165, 1.54) is 18.2 Å². The highest BCUT2D eigenvalue weighted by Crippen LogP contribution is 2.64. The van der Waals surface area contributed by atoms with Gasteiger partial charge in [0.15, 0.2) is 0 Å². The Labute approximate surface area is 201 Å². The number of aliphatic imine (C=N–C) groups is 1. The molecule has 2 aliphatic rings. The molecule has 1 amide bonds. The smallest absolute Gasteiger partial charge is 0.273 e. The van der Waals surface area contributed by atoms with Gasteiger partial charge in [-0.25, -0.2) is 12.7 Å². The van der Waals surface area contributed by atoms with E-state index in [0.717, 1.165) is 12.5 Å². The van der Waals surface area contributed by atoms with Crippen molar-refractivity contribution in [3.05, 3.63) is 95.6 Å². The second-order valence-electron chi connectivity index (χ2n) is 9.07. The molecule has 1 spiro atoms. The third kappa shape index (κ3) is 3.40. The first-order chi connectivity index (χ1) is 16.4. The number of sulfonamides is 1. The zero-order valence-electron chi connectivity index (χ0n) is 18.9. The molecule has 3 aromatic rings. The first-order valence-corrected chi connectivity index (χ1v) is 12.3. The molecule has 180 valence electrons. The van der Waals surface area contributed by atoms with Gasteiger partial charge in [0.2, 0.25) is 0 Å². The molecular weight excluding hydrogens is 477 g/mol. The van der Waals surface area contributed by atoms with E-state index >= 15 is 0 Å². The van der Waals surface area contributed by atoms with Crippen molar-refractivity contribution in [3.63, 3.8) is 0 Å². The standard InChI is InChI=1S/C26H21F3N2O3S/c1-17-12-14-19(15-13-17)35(33,34)31-21-11-7-6-10-20(21)26(22(30-26)18-8-4-3-5-9-18)24(2,23(31)32)16-25(27,28)29/h3-15H,16H2,1-2H3/t24-,26+/m1/s1. The molecule has 0 N–H and O–H groups in total. The summed E-state index contributed by atoms with van der Waals surface area (Å²) in [6.45, 7) is 2.94. The number of para-hydroxylation sites is 1. The summed E-state index contributed by atoms with van der Waals surface area (Å²) >= 11 is 0. The van der Waals surface area contributed by atoms with Gasteiger partial charge in [0.05, 0.1) is 28.1 Å². The number of halogens is 3. The van der Waals surface area contributed by atoms with Crippen LogP contribution in [0.2, 0.25) is 0 Å². The maximum atomic E-state index is 14.0. The van der Waals surface area contributed by atoms with Gasteiger partial charge in [0.1, 0.15) is 5.54 Å². The molecule has 2 aliphatic heterocycles. The molecule has 0 saturated carbocycles. The van der Waals surface area contributed by atoms with E-state index in [2.05, 4.69) is 4.99 Å². The van der Waals surface area contributed by atoms with Crippen LogP contribution in [-0.2, 0) is 20.4 Å². The molecule has 0 bridgehead atoms. The fraction of sp³-hybridized carbons (Fsp3) is 0.231. The van der Waals surface area contributed by atoms with Crippen LogP contribution >= 0.6 is 0 Å². The minimum Gasteiger partial charge on any atom is -0.273 e. The summed E-state index contributed by atoms with van der Waals surface area (Å²) in [6.07, 6.45) is -6.28. The summed E-state index contributed by atoms with van der Waals surface area (Å²) in [7, 11) is -4.51. The van der Waals surface area contributed by atoms with Gasteiger partial charge in [-0.15, -0.1) is 0 Å². The fourth-order valence-electron chi connectivity index (χ4n) is 4.98. The molecule has 2 heterocycles. The lowest BCUT2D eigenvalue weighted by molar-refractivity contribution is -0.169. The molecule has 9 heteroatoms. The number of carbonyl (C=O) groups is 1. The van der Waals surface area contributed by atoms with Crippen LogP contribution in [0.15, 0.2) is 88.8 Å². The van der Waals surface area contributed by atoms with Crippen molar-refractivity contribution in [1.82, 2.24) is 0 Å². The second kappa shape index (κ2) is 7.52. The van der Waals surface area contributed by atoms with E-state index in [0.29, 0.717) is 15.6 Å². The molecule has 0 unspecified atom stereocenters. The summed E-state index contributed by atoms with van der Waals surface area (Å²) < 4.78 is 69.8. The van der Waals surface area contributed by atoms with Gasteiger partial charge in [0.25, 0.3) is 15.9 Å². The lowest BCUT2D eigenvalue weighted by Gasteiger charge is -2.45. The average Bonchev–Trinajstić information content (AvgIpc) is 3.55. The van der Waals surface area contributed by atoms with Crippen LogP contribution in [0, 0.1) is 12.3 Å². The third-order valence-electron chi connectivity index (χ3n) is 6.70. The van der Waals surface area contributed by atoms with Crippen LogP contribution in [0.5, 0.6) is 0 Å². The van der Waals surface area contributed by atoms with E-state index in [1.807, 2.05) is 0 Å². The minimum atomic E-state index is -4.75. The van der Waals surface area contributed by atoms with Crippen molar-refractivity contribution >= 4 is 27.3 Å². The SMILES string of the molecule is Cc1ccc(S(=O)(=O)N2C(=O)[C@@](C)(CC(F)(F)F)[C@]3(N=C3c3ccccc3)c3ccccc32)cc1. The zero-order chi connectivity index (χ0) is 25.2. The average molecular weight is 499 g/mol. The highest BCUT2D eigenvalue weighted by molar-refractivity contribution is 7.93. The van der Waals surface area contributed by atoms with Crippen LogP contribution in [0.3, 0.4) is 0 Å². The largest absolute Gasteiger partial charge is 0.390 e. The third-order valence-corrected chi connectivity index (χ3v) is 8.41. The topological polar surface area (TPSA) is 66.8 Å². The van der Waals surface area contributed by atoms with Gasteiger partial charge in [-0.05, 0) is 37.6 Å². The van der Waals surface area contributed by atoms with Crippen molar-refractivity contribution in [2.75, 3.05) is 4.31 Å². The lowest BCUT2D eigenvalue weighted by Crippen LogP contribution is -2.58. The number of benzene rings is 3. The lowest BCUT2D eigenvalue weighted by atomic mass is 9.63. The molecule has 2 atom stereocenters. The van der Waals surface area contributed by atoms with Crippen LogP contribution in [0.25, 0.3) is 0 Å². The van der Waals surface area contributed by atoms with Crippen LogP contribution < -0.4 is 4.31 Å². The Kier molecular flexibility index (Phi) is 5.00. The number of hydrogen-bond acceptors (Lipinski definition) is 4. The van der Waals surface area contributed by atoms with Crippen LogP contribution in [0.4, 0.5) is 18.9 Å². The Hall–Kier alpha value is -3.46. The first-order valence-electron chi connectivity index (χ1n) is 10.9. The summed E-state index contributed by atoms with van der Waals surface area (Å²) in [4.78, 5) is 18.3. The number of fused-ring (bicyclic) bond motifs is 2. The molecule has 0 saturated heterocycles. The summed E-state index contributed by atoms with van der Waals surface area (Å²) in [5.41, 5.74) is -1.88. The number of rotatable bonds is 4. The van der Waals surface area contributed by atoms with Crippen molar-refractivity contribution in [3.8, 4) is 0 Å². The van der Waals surface area contributed by atoms with E-state index in [-0.39, 0.29) is 16.1 Å². The fourth-order valence-corrected chi connectivity index (χ4v) is 6.51. The zero-order valence-corrected chi connectivity index (χ0v) is 19.7. The Morgan fingerprint density at radius 3 is 2.14 bits per heavy atom. The van der Waals surface area contributed by atoms with Crippen molar-refractivity contribution in [2.45, 2.75) is 36.9 Å². The van der Waals surface area contributed by atoms with E-state index < -0.39 is 39.5 Å². The first kappa shape index (κ1) is 23.3. The maximum absolute atomic E-state index is 14.0. The number of anilines is 1. The number of alkyl halides is 3. The molecule has 5 nitrogen and oxygen atoms in total. The molecule has 0 radical (unpaired) electrons. The monoisotopic (exact) mass is 498 g/mol. The van der Waals surface area contributed by atoms with Gasteiger partial charge in [-0.1, -0.05) is 66.2 Å². The highest BCUT2D eigenvalue weighted by atomic mass is 32.2. The molecule has 0 fully saturated rings. The maximum Gasteiger partial charge on any atom is 0.390 e. The Morgan fingerprint density at radius 1 is 0.914 bits per heavy atom. The van der Waals surface area contributed by atoms with E-state index in [9.17, 15) is 26.4 Å².